The first-order valence-corrected chi connectivity index (χ1v) is 11.5. The first-order chi connectivity index (χ1) is 16.8. The summed E-state index contributed by atoms with van der Waals surface area (Å²) in [4.78, 5) is 16.1. The predicted octanol–water partition coefficient (Wildman–Crippen LogP) is 5.76. The number of nitroso groups, excluding NO2 is 1. The lowest BCUT2D eigenvalue weighted by Gasteiger charge is -2.15. The van der Waals surface area contributed by atoms with Crippen molar-refractivity contribution in [2.24, 2.45) is 5.18 Å². The van der Waals surface area contributed by atoms with Crippen LogP contribution in [0.2, 0.25) is 0 Å². The van der Waals surface area contributed by atoms with Gasteiger partial charge in [-0.2, -0.15) is 4.91 Å². The SMILES string of the molecule is O=NC(CNCCNc1c2ccccc2nc2ccccc12)COc1cccc2ccccc12. The van der Waals surface area contributed by atoms with Crippen LogP contribution in [0.1, 0.15) is 0 Å². The first-order valence-electron chi connectivity index (χ1n) is 11.5. The Hall–Kier alpha value is -4.03. The molecule has 0 amide bonds. The molecule has 0 bridgehead atoms. The quantitative estimate of drug-likeness (QED) is 0.161. The highest BCUT2D eigenvalue weighted by atomic mass is 16.5. The Kier molecular flexibility index (Phi) is 6.59. The molecule has 4 aromatic carbocycles. The molecular formula is C28H26N4O2. The van der Waals surface area contributed by atoms with E-state index in [1.807, 2.05) is 78.9 Å². The second-order valence-corrected chi connectivity index (χ2v) is 8.20. The first kappa shape index (κ1) is 21.8. The third-order valence-electron chi connectivity index (χ3n) is 5.90. The Morgan fingerprint density at radius 1 is 0.765 bits per heavy atom. The molecule has 5 rings (SSSR count). The summed E-state index contributed by atoms with van der Waals surface area (Å²) in [6.45, 7) is 2.07. The van der Waals surface area contributed by atoms with Gasteiger partial charge < -0.3 is 15.4 Å². The second kappa shape index (κ2) is 10.3. The van der Waals surface area contributed by atoms with Gasteiger partial charge in [0, 0.05) is 35.8 Å². The van der Waals surface area contributed by atoms with Gasteiger partial charge in [-0.25, -0.2) is 4.98 Å². The predicted molar refractivity (Wildman–Crippen MR) is 140 cm³/mol. The molecule has 1 unspecified atom stereocenters. The Morgan fingerprint density at radius 2 is 1.41 bits per heavy atom. The molecule has 170 valence electrons. The minimum absolute atomic E-state index is 0.234. The van der Waals surface area contributed by atoms with E-state index in [0.29, 0.717) is 19.6 Å². The summed E-state index contributed by atoms with van der Waals surface area (Å²) >= 11 is 0. The van der Waals surface area contributed by atoms with Crippen molar-refractivity contribution in [3.8, 4) is 5.75 Å². The van der Waals surface area contributed by atoms with Crippen molar-refractivity contribution in [1.82, 2.24) is 10.3 Å². The van der Waals surface area contributed by atoms with Crippen molar-refractivity contribution in [2.45, 2.75) is 6.04 Å². The number of ether oxygens (including phenoxy) is 1. The molecule has 0 aliphatic heterocycles. The van der Waals surface area contributed by atoms with Crippen molar-refractivity contribution in [3.05, 3.63) is 95.9 Å². The number of rotatable bonds is 10. The molecule has 6 nitrogen and oxygen atoms in total. The number of anilines is 1. The zero-order valence-corrected chi connectivity index (χ0v) is 18.8. The molecule has 2 N–H and O–H groups in total. The molecule has 0 aliphatic rings. The standard InChI is InChI=1S/C28H26N4O2/c33-32-21(19-34-27-15-7-9-20-8-1-2-10-22(20)27)18-29-16-17-30-28-23-11-3-5-13-25(23)31-26-14-6-4-12-24(26)28/h1-15,21,29H,16-19H2,(H,30,31). The Balaban J connectivity index is 1.17. The summed E-state index contributed by atoms with van der Waals surface area (Å²) in [7, 11) is 0. The third-order valence-corrected chi connectivity index (χ3v) is 5.90. The number of pyridine rings is 1. The van der Waals surface area contributed by atoms with Gasteiger partial charge in [-0.3, -0.25) is 0 Å². The van der Waals surface area contributed by atoms with Crippen molar-refractivity contribution in [3.63, 3.8) is 0 Å². The van der Waals surface area contributed by atoms with E-state index in [-0.39, 0.29) is 6.61 Å². The highest BCUT2D eigenvalue weighted by molar-refractivity contribution is 6.07. The normalized spacial score (nSPS) is 12.1. The molecular weight excluding hydrogens is 424 g/mol. The summed E-state index contributed by atoms with van der Waals surface area (Å²) in [5.41, 5.74) is 3.01. The van der Waals surface area contributed by atoms with Crippen molar-refractivity contribution in [1.29, 1.82) is 0 Å². The van der Waals surface area contributed by atoms with E-state index in [9.17, 15) is 4.91 Å². The molecule has 0 fully saturated rings. The summed E-state index contributed by atoms with van der Waals surface area (Å²) in [6, 6.07) is 29.8. The highest BCUT2D eigenvalue weighted by Crippen LogP contribution is 2.30. The number of para-hydroxylation sites is 2. The Labute approximate surface area is 197 Å². The number of hydrogen-bond acceptors (Lipinski definition) is 6. The van der Waals surface area contributed by atoms with E-state index >= 15 is 0 Å². The third kappa shape index (κ3) is 4.67. The largest absolute Gasteiger partial charge is 0.491 e. The zero-order valence-electron chi connectivity index (χ0n) is 18.8. The fraction of sp³-hybridized carbons (Fsp3) is 0.179. The fourth-order valence-electron chi connectivity index (χ4n) is 4.21. The summed E-state index contributed by atoms with van der Waals surface area (Å²) in [5.74, 6) is 0.768. The number of fused-ring (bicyclic) bond motifs is 3. The number of benzene rings is 4. The minimum atomic E-state index is -0.471. The molecule has 1 atom stereocenters. The van der Waals surface area contributed by atoms with Crippen molar-refractivity contribution < 1.29 is 4.74 Å². The molecule has 0 radical (unpaired) electrons. The van der Waals surface area contributed by atoms with E-state index in [1.54, 1.807) is 0 Å². The van der Waals surface area contributed by atoms with Gasteiger partial charge in [0.15, 0.2) is 0 Å². The monoisotopic (exact) mass is 450 g/mol. The van der Waals surface area contributed by atoms with Crippen LogP contribution in [-0.4, -0.2) is 37.3 Å². The molecule has 0 spiro atoms. The van der Waals surface area contributed by atoms with Gasteiger partial charge >= 0.3 is 0 Å². The molecule has 6 heteroatoms. The van der Waals surface area contributed by atoms with Crippen LogP contribution in [-0.2, 0) is 0 Å². The number of nitrogens with zero attached hydrogens (tertiary/aromatic N) is 2. The van der Waals surface area contributed by atoms with Crippen LogP contribution in [0, 0.1) is 4.91 Å². The molecule has 0 saturated heterocycles. The average Bonchev–Trinajstić information content (AvgIpc) is 2.89. The molecule has 0 aliphatic carbocycles. The topological polar surface area (TPSA) is 75.6 Å². The number of hydrogen-bond donors (Lipinski definition) is 2. The Bertz CT molecular complexity index is 1380. The van der Waals surface area contributed by atoms with E-state index in [4.69, 9.17) is 9.72 Å². The van der Waals surface area contributed by atoms with Gasteiger partial charge in [0.1, 0.15) is 18.4 Å². The summed E-state index contributed by atoms with van der Waals surface area (Å²) < 4.78 is 5.94. The van der Waals surface area contributed by atoms with Gasteiger partial charge in [0.25, 0.3) is 0 Å². The lowest BCUT2D eigenvalue weighted by Crippen LogP contribution is -2.33. The number of aromatic nitrogens is 1. The van der Waals surface area contributed by atoms with E-state index in [0.717, 1.165) is 44.0 Å². The van der Waals surface area contributed by atoms with Crippen LogP contribution < -0.4 is 15.4 Å². The van der Waals surface area contributed by atoms with E-state index in [1.165, 1.54) is 0 Å². The molecule has 1 heterocycles. The average molecular weight is 451 g/mol. The minimum Gasteiger partial charge on any atom is -0.491 e. The van der Waals surface area contributed by atoms with Crippen LogP contribution in [0.4, 0.5) is 5.69 Å². The summed E-state index contributed by atoms with van der Waals surface area (Å²) in [6.07, 6.45) is 0. The lowest BCUT2D eigenvalue weighted by molar-refractivity contribution is 0.288. The lowest BCUT2D eigenvalue weighted by atomic mass is 10.1. The number of nitrogens with one attached hydrogen (secondary N) is 2. The molecule has 0 saturated carbocycles. The fourth-order valence-corrected chi connectivity index (χ4v) is 4.21. The Morgan fingerprint density at radius 3 is 2.15 bits per heavy atom. The van der Waals surface area contributed by atoms with Crippen LogP contribution in [0.25, 0.3) is 32.6 Å². The molecule has 5 aromatic rings. The molecule has 1 aromatic heterocycles. The second-order valence-electron chi connectivity index (χ2n) is 8.20. The smallest absolute Gasteiger partial charge is 0.138 e. The van der Waals surface area contributed by atoms with Gasteiger partial charge in [-0.1, -0.05) is 78.0 Å². The highest BCUT2D eigenvalue weighted by Gasteiger charge is 2.12. The van der Waals surface area contributed by atoms with Crippen molar-refractivity contribution in [2.75, 3.05) is 31.6 Å². The van der Waals surface area contributed by atoms with Crippen LogP contribution in [0.15, 0.2) is 96.2 Å². The van der Waals surface area contributed by atoms with Gasteiger partial charge in [0.05, 0.1) is 16.7 Å². The molecule has 34 heavy (non-hydrogen) atoms. The van der Waals surface area contributed by atoms with Gasteiger partial charge in [-0.15, -0.1) is 0 Å². The maximum absolute atomic E-state index is 11.4. The maximum atomic E-state index is 11.4. The zero-order chi connectivity index (χ0) is 23.2. The maximum Gasteiger partial charge on any atom is 0.138 e. The van der Waals surface area contributed by atoms with Gasteiger partial charge in [0.2, 0.25) is 0 Å². The summed E-state index contributed by atoms with van der Waals surface area (Å²) in [5, 5.41) is 14.5. The van der Waals surface area contributed by atoms with Crippen LogP contribution in [0.5, 0.6) is 5.75 Å². The van der Waals surface area contributed by atoms with E-state index < -0.39 is 6.04 Å². The van der Waals surface area contributed by atoms with E-state index in [2.05, 4.69) is 27.9 Å². The van der Waals surface area contributed by atoms with Gasteiger partial charge in [-0.05, 0) is 23.6 Å². The van der Waals surface area contributed by atoms with Crippen LogP contribution >= 0.6 is 0 Å². The van der Waals surface area contributed by atoms with Crippen molar-refractivity contribution >= 4 is 38.3 Å². The van der Waals surface area contributed by atoms with Crippen LogP contribution in [0.3, 0.4) is 0 Å².